The fourth-order valence-corrected chi connectivity index (χ4v) is 4.62. The maximum Gasteiger partial charge on any atom is 0.321 e. The van der Waals surface area contributed by atoms with E-state index < -0.39 is 27.5 Å². The molecule has 2 N–H and O–H groups in total. The third kappa shape index (κ3) is 7.04. The first kappa shape index (κ1) is 24.8. The van der Waals surface area contributed by atoms with Crippen LogP contribution in [0, 0.1) is 0 Å². The molecule has 1 heterocycles. The number of thioether (sulfide) groups is 1. The van der Waals surface area contributed by atoms with Gasteiger partial charge in [-0.3, -0.25) is 10.1 Å². The van der Waals surface area contributed by atoms with Crippen LogP contribution in [0.1, 0.15) is 34.6 Å². The second-order valence-corrected chi connectivity index (χ2v) is 10.4. The molecular weight excluding hydrogens is 442 g/mol. The van der Waals surface area contributed by atoms with Crippen LogP contribution in [0.4, 0.5) is 4.79 Å². The number of urea groups is 1. The number of aromatic nitrogens is 2. The topological polar surface area (TPSA) is 134 Å². The molecule has 0 aliphatic rings. The Labute approximate surface area is 186 Å². The fourth-order valence-electron chi connectivity index (χ4n) is 2.55. The van der Waals surface area contributed by atoms with Crippen LogP contribution in [0.2, 0.25) is 0 Å². The highest BCUT2D eigenvalue weighted by atomic mass is 32.2. The molecule has 3 amide bonds. The zero-order valence-corrected chi connectivity index (χ0v) is 19.8. The SMILES string of the molecule is CCN(CC)S(=O)(=O)c1cccc(-c2nnc(SCC(=O)NC(=O)NC(C)(C)C)o2)c1. The number of carbonyl (C=O) groups is 2. The molecule has 0 fully saturated rings. The van der Waals surface area contributed by atoms with Gasteiger partial charge < -0.3 is 9.73 Å². The number of hydrogen-bond acceptors (Lipinski definition) is 8. The number of rotatable bonds is 8. The van der Waals surface area contributed by atoms with Crippen molar-refractivity contribution in [2.75, 3.05) is 18.8 Å². The molecule has 0 spiro atoms. The van der Waals surface area contributed by atoms with Crippen molar-refractivity contribution in [1.29, 1.82) is 0 Å². The van der Waals surface area contributed by atoms with E-state index in [9.17, 15) is 18.0 Å². The molecule has 0 atom stereocenters. The second-order valence-electron chi connectivity index (χ2n) is 7.53. The maximum absolute atomic E-state index is 12.7. The largest absolute Gasteiger partial charge is 0.411 e. The summed E-state index contributed by atoms with van der Waals surface area (Å²) in [5, 5.41) is 12.8. The van der Waals surface area contributed by atoms with Gasteiger partial charge in [-0.05, 0) is 39.0 Å². The lowest BCUT2D eigenvalue weighted by atomic mass is 10.1. The summed E-state index contributed by atoms with van der Waals surface area (Å²) in [6.45, 7) is 9.67. The average Bonchev–Trinajstić information content (AvgIpc) is 3.15. The molecule has 0 unspecified atom stereocenters. The number of nitrogens with zero attached hydrogens (tertiary/aromatic N) is 3. The minimum atomic E-state index is -3.62. The Morgan fingerprint density at radius 1 is 1.16 bits per heavy atom. The van der Waals surface area contributed by atoms with Crippen molar-refractivity contribution in [3.05, 3.63) is 24.3 Å². The fraction of sp³-hybridized carbons (Fsp3) is 0.474. The van der Waals surface area contributed by atoms with E-state index in [0.717, 1.165) is 11.8 Å². The molecule has 170 valence electrons. The first-order valence-corrected chi connectivity index (χ1v) is 12.1. The lowest BCUT2D eigenvalue weighted by molar-refractivity contribution is -0.117. The smallest absolute Gasteiger partial charge is 0.321 e. The standard InChI is InChI=1S/C19H27N5O5S2/c1-6-24(7-2)31(27,28)14-10-8-9-13(11-14)16-22-23-18(29-16)30-12-15(25)20-17(26)21-19(3,4)5/h8-11H,6-7,12H2,1-5H3,(H2,20,21,25,26). The summed E-state index contributed by atoms with van der Waals surface area (Å²) >= 11 is 0.967. The number of amides is 3. The van der Waals surface area contributed by atoms with Crippen LogP contribution in [0.5, 0.6) is 0 Å². The van der Waals surface area contributed by atoms with Gasteiger partial charge in [0.15, 0.2) is 0 Å². The number of imide groups is 1. The van der Waals surface area contributed by atoms with Crippen LogP contribution in [-0.2, 0) is 14.8 Å². The Morgan fingerprint density at radius 2 is 1.84 bits per heavy atom. The van der Waals surface area contributed by atoms with Gasteiger partial charge in [-0.15, -0.1) is 10.2 Å². The molecule has 1 aromatic heterocycles. The Bertz CT molecular complexity index is 1030. The van der Waals surface area contributed by atoms with Crippen LogP contribution in [0.3, 0.4) is 0 Å². The maximum atomic E-state index is 12.7. The minimum Gasteiger partial charge on any atom is -0.411 e. The Morgan fingerprint density at radius 3 is 2.45 bits per heavy atom. The van der Waals surface area contributed by atoms with Crippen molar-refractivity contribution < 1.29 is 22.4 Å². The van der Waals surface area contributed by atoms with Crippen LogP contribution in [-0.4, -0.2) is 59.2 Å². The van der Waals surface area contributed by atoms with Gasteiger partial charge in [-0.1, -0.05) is 31.7 Å². The summed E-state index contributed by atoms with van der Waals surface area (Å²) in [6, 6.07) is 5.65. The Kier molecular flexibility index (Phi) is 8.21. The lowest BCUT2D eigenvalue weighted by Gasteiger charge is -2.20. The van der Waals surface area contributed by atoms with E-state index in [1.165, 1.54) is 16.4 Å². The third-order valence-electron chi connectivity index (χ3n) is 3.90. The molecule has 12 heteroatoms. The van der Waals surface area contributed by atoms with E-state index in [4.69, 9.17) is 4.42 Å². The number of hydrogen-bond donors (Lipinski definition) is 2. The zero-order chi connectivity index (χ0) is 23.2. The van der Waals surface area contributed by atoms with Crippen molar-refractivity contribution in [2.24, 2.45) is 0 Å². The van der Waals surface area contributed by atoms with Gasteiger partial charge in [-0.25, -0.2) is 13.2 Å². The molecule has 2 aromatic rings. The molecule has 10 nitrogen and oxygen atoms in total. The first-order valence-electron chi connectivity index (χ1n) is 9.65. The van der Waals surface area contributed by atoms with E-state index in [-0.39, 0.29) is 21.8 Å². The predicted octanol–water partition coefficient (Wildman–Crippen LogP) is 2.48. The third-order valence-corrected chi connectivity index (χ3v) is 6.76. The molecule has 0 aliphatic carbocycles. The molecule has 0 bridgehead atoms. The van der Waals surface area contributed by atoms with E-state index in [0.29, 0.717) is 18.7 Å². The van der Waals surface area contributed by atoms with Crippen molar-refractivity contribution in [3.63, 3.8) is 0 Å². The summed E-state index contributed by atoms with van der Waals surface area (Å²) in [5.74, 6) is -0.487. The van der Waals surface area contributed by atoms with Crippen LogP contribution in [0.25, 0.3) is 11.5 Å². The van der Waals surface area contributed by atoms with Gasteiger partial charge in [0.1, 0.15) is 0 Å². The molecule has 2 rings (SSSR count). The molecule has 31 heavy (non-hydrogen) atoms. The van der Waals surface area contributed by atoms with Gasteiger partial charge in [-0.2, -0.15) is 4.31 Å². The second kappa shape index (κ2) is 10.2. The highest BCUT2D eigenvalue weighted by Gasteiger charge is 2.23. The number of benzene rings is 1. The van der Waals surface area contributed by atoms with Crippen LogP contribution < -0.4 is 10.6 Å². The molecule has 1 aromatic carbocycles. The van der Waals surface area contributed by atoms with Crippen molar-refractivity contribution >= 4 is 33.7 Å². The first-order chi connectivity index (χ1) is 14.5. The van der Waals surface area contributed by atoms with Crippen LogP contribution in [0.15, 0.2) is 38.8 Å². The van der Waals surface area contributed by atoms with Gasteiger partial charge in [0.25, 0.3) is 5.22 Å². The molecule has 0 saturated heterocycles. The highest BCUT2D eigenvalue weighted by Crippen LogP contribution is 2.26. The lowest BCUT2D eigenvalue weighted by Crippen LogP contribution is -2.48. The number of sulfonamides is 1. The Hall–Kier alpha value is -2.44. The van der Waals surface area contributed by atoms with Crippen molar-refractivity contribution in [1.82, 2.24) is 25.1 Å². The summed E-state index contributed by atoms with van der Waals surface area (Å²) < 4.78 is 32.3. The Balaban J connectivity index is 2.05. The van der Waals surface area contributed by atoms with Gasteiger partial charge in [0.05, 0.1) is 10.6 Å². The zero-order valence-electron chi connectivity index (χ0n) is 18.1. The van der Waals surface area contributed by atoms with Crippen LogP contribution >= 0.6 is 11.8 Å². The number of nitrogens with one attached hydrogen (secondary N) is 2. The quantitative estimate of drug-likeness (QED) is 0.563. The van der Waals surface area contributed by atoms with E-state index in [1.54, 1.807) is 46.8 Å². The summed E-state index contributed by atoms with van der Waals surface area (Å²) in [7, 11) is -3.62. The van der Waals surface area contributed by atoms with Gasteiger partial charge >= 0.3 is 6.03 Å². The van der Waals surface area contributed by atoms with Crippen molar-refractivity contribution in [2.45, 2.75) is 50.3 Å². The van der Waals surface area contributed by atoms with E-state index in [2.05, 4.69) is 20.8 Å². The average molecular weight is 470 g/mol. The highest BCUT2D eigenvalue weighted by molar-refractivity contribution is 7.99. The molecule has 0 saturated carbocycles. The van der Waals surface area contributed by atoms with E-state index >= 15 is 0 Å². The molecular formula is C19H27N5O5S2. The monoisotopic (exact) mass is 469 g/mol. The molecule has 0 radical (unpaired) electrons. The van der Waals surface area contributed by atoms with Crippen molar-refractivity contribution in [3.8, 4) is 11.5 Å². The summed E-state index contributed by atoms with van der Waals surface area (Å²) in [5.41, 5.74) is -0.0202. The predicted molar refractivity (Wildman–Crippen MR) is 117 cm³/mol. The molecule has 0 aliphatic heterocycles. The number of carbonyl (C=O) groups excluding carboxylic acids is 2. The van der Waals surface area contributed by atoms with Gasteiger partial charge in [0, 0.05) is 24.2 Å². The summed E-state index contributed by atoms with van der Waals surface area (Å²) in [4.78, 5) is 23.8. The minimum absolute atomic E-state index is 0.102. The normalized spacial score (nSPS) is 12.1. The van der Waals surface area contributed by atoms with E-state index in [1.807, 2.05) is 0 Å². The summed E-state index contributed by atoms with van der Waals surface area (Å²) in [6.07, 6.45) is 0. The van der Waals surface area contributed by atoms with Gasteiger partial charge in [0.2, 0.25) is 21.8 Å².